The number of rotatable bonds is 6. The second-order valence-corrected chi connectivity index (χ2v) is 6.59. The van der Waals surface area contributed by atoms with E-state index in [1.807, 2.05) is 6.92 Å². The molecule has 0 bridgehead atoms. The van der Waals surface area contributed by atoms with E-state index in [0.29, 0.717) is 6.42 Å². The molecule has 2 radical (unpaired) electrons. The normalized spacial score (nSPS) is 10.2. The molecule has 0 rings (SSSR count). The van der Waals surface area contributed by atoms with Crippen LogP contribution in [-0.4, -0.2) is 40.2 Å². The van der Waals surface area contributed by atoms with E-state index in [0.717, 1.165) is 6.42 Å². The van der Waals surface area contributed by atoms with Gasteiger partial charge in [-0.2, -0.15) is 13.6 Å². The maximum absolute atomic E-state index is 10.5. The molecule has 0 aromatic carbocycles. The van der Waals surface area contributed by atoms with Crippen LogP contribution < -0.4 is 5.14 Å². The first-order valence-corrected chi connectivity index (χ1v) is 9.97. The number of hydrogen-bond acceptors (Lipinski definition) is 4. The Morgan fingerprint density at radius 3 is 2.00 bits per heavy atom. The fourth-order valence-corrected chi connectivity index (χ4v) is 2.63. The zero-order chi connectivity index (χ0) is 13.0. The van der Waals surface area contributed by atoms with E-state index in [-0.39, 0.29) is 6.42 Å². The van der Waals surface area contributed by atoms with Gasteiger partial charge in [0.1, 0.15) is 0 Å². The Morgan fingerprint density at radius 1 is 1.25 bits per heavy atom. The van der Waals surface area contributed by atoms with Crippen molar-refractivity contribution in [1.29, 1.82) is 0 Å². The van der Waals surface area contributed by atoms with Crippen LogP contribution in [0.5, 0.6) is 0 Å². The van der Waals surface area contributed by atoms with Crippen LogP contribution in [0.25, 0.3) is 0 Å². The van der Waals surface area contributed by atoms with E-state index in [4.69, 9.17) is 0 Å². The average molecular weight is 447 g/mol. The molecule has 16 heavy (non-hydrogen) atoms. The van der Waals surface area contributed by atoms with Crippen molar-refractivity contribution in [1.82, 2.24) is 0 Å². The van der Waals surface area contributed by atoms with Gasteiger partial charge in [0.05, 0.1) is 0 Å². The topological polar surface area (TPSA) is 86.5 Å². The van der Waals surface area contributed by atoms with Crippen LogP contribution in [0.1, 0.15) is 46.0 Å². The van der Waals surface area contributed by atoms with Gasteiger partial charge in [-0.05, 0) is 6.42 Å². The zero-order valence-corrected chi connectivity index (χ0v) is 15.2. The van der Waals surface area contributed by atoms with Crippen molar-refractivity contribution in [3.8, 4) is 0 Å². The number of nitrogens with two attached hydrogens (primary N) is 1. The summed E-state index contributed by atoms with van der Waals surface area (Å²) < 4.78 is 25.6. The first kappa shape index (κ1) is 18.7. The van der Waals surface area contributed by atoms with Gasteiger partial charge in [-0.1, -0.05) is 13.3 Å². The van der Waals surface area contributed by atoms with Gasteiger partial charge in [-0.15, -0.1) is 0 Å². The molecule has 0 saturated carbocycles. The van der Waals surface area contributed by atoms with Crippen LogP contribution in [0.4, 0.5) is 0 Å². The van der Waals surface area contributed by atoms with E-state index < -0.39 is 16.3 Å². The SMILES string of the molecule is CCCCC(=O)OS(N)(=O)=O.CCC[CH2][PbH]. The molecular weight excluding hydrogens is 425 g/mol. The summed E-state index contributed by atoms with van der Waals surface area (Å²) in [4.78, 5) is 10.5. The van der Waals surface area contributed by atoms with Crippen LogP contribution in [0.15, 0.2) is 0 Å². The fourth-order valence-electron chi connectivity index (χ4n) is 0.696. The molecule has 0 fully saturated rings. The average Bonchev–Trinajstić information content (AvgIpc) is 2.14. The summed E-state index contributed by atoms with van der Waals surface area (Å²) in [7, 11) is -4.10. The van der Waals surface area contributed by atoms with Crippen LogP contribution in [0.3, 0.4) is 0 Å². The van der Waals surface area contributed by atoms with Crippen molar-refractivity contribution in [2.75, 3.05) is 0 Å². The number of carbonyl (C=O) groups is 1. The number of hydrogen-bond donors (Lipinski definition) is 1. The van der Waals surface area contributed by atoms with Gasteiger partial charge >= 0.3 is 65.8 Å². The summed E-state index contributed by atoms with van der Waals surface area (Å²) in [5.41, 5.74) is 0. The summed E-state index contributed by atoms with van der Waals surface area (Å²) in [6.07, 6.45) is 4.35. The zero-order valence-electron chi connectivity index (χ0n) is 9.94. The van der Waals surface area contributed by atoms with Gasteiger partial charge in [0, 0.05) is 6.42 Å². The van der Waals surface area contributed by atoms with E-state index in [9.17, 15) is 13.2 Å². The summed E-state index contributed by atoms with van der Waals surface area (Å²) in [6.45, 7) is 4.12. The van der Waals surface area contributed by atoms with E-state index in [2.05, 4.69) is 16.2 Å². The summed E-state index contributed by atoms with van der Waals surface area (Å²) in [5.74, 6) is -0.797. The van der Waals surface area contributed by atoms with Gasteiger partial charge in [0.25, 0.3) is 0 Å². The van der Waals surface area contributed by atoms with Crippen molar-refractivity contribution >= 4 is 42.0 Å². The molecule has 0 unspecified atom stereocenters. The molecule has 7 heteroatoms. The molecule has 0 spiro atoms. The summed E-state index contributed by atoms with van der Waals surface area (Å²) in [5, 5.41) is 4.44. The molecule has 0 aromatic rings. The molecule has 0 amide bonds. The first-order valence-electron chi connectivity index (χ1n) is 5.32. The van der Waals surface area contributed by atoms with Gasteiger partial charge in [0.2, 0.25) is 0 Å². The molecule has 5 nitrogen and oxygen atoms in total. The molecule has 0 saturated heterocycles. The Balaban J connectivity index is 0. The second kappa shape index (κ2) is 11.8. The molecule has 0 atom stereocenters. The molecule has 96 valence electrons. The third-order valence-corrected chi connectivity index (χ3v) is 3.51. The molecular formula is C9H21NO4PbS. The maximum atomic E-state index is 10.5. The second-order valence-electron chi connectivity index (χ2n) is 3.19. The van der Waals surface area contributed by atoms with Gasteiger partial charge in [0.15, 0.2) is 0 Å². The van der Waals surface area contributed by atoms with Gasteiger partial charge < -0.3 is 4.18 Å². The van der Waals surface area contributed by atoms with Crippen LogP contribution >= 0.6 is 0 Å². The molecule has 0 heterocycles. The Hall–Kier alpha value is 0.302. The monoisotopic (exact) mass is 447 g/mol. The number of unbranched alkanes of at least 4 members (excludes halogenated alkanes) is 2. The van der Waals surface area contributed by atoms with Crippen molar-refractivity contribution in [2.45, 2.75) is 49.9 Å². The molecule has 0 aliphatic rings. The minimum absolute atomic E-state index is 0.0902. The Bertz CT molecular complexity index is 265. The summed E-state index contributed by atoms with van der Waals surface area (Å²) >= 11 is 1.24. The Labute approximate surface area is 114 Å². The molecule has 0 aromatic heterocycles. The standard InChI is InChI=1S/C5H11NO4S.C4H9.Pb.H/c1-2-3-4-5(7)10-11(6,8)9;1-3-4-2;;/h2-4H2,1H3,(H2,6,8,9);1,3-4H2,2H3;;. The van der Waals surface area contributed by atoms with Crippen molar-refractivity contribution in [3.05, 3.63) is 0 Å². The van der Waals surface area contributed by atoms with E-state index in [1.165, 1.54) is 42.6 Å². The Morgan fingerprint density at radius 2 is 1.75 bits per heavy atom. The van der Waals surface area contributed by atoms with Crippen LogP contribution in [0, 0.1) is 0 Å². The van der Waals surface area contributed by atoms with Gasteiger partial charge in [-0.3, -0.25) is 4.79 Å². The van der Waals surface area contributed by atoms with Crippen LogP contribution in [-0.2, 0) is 19.3 Å². The van der Waals surface area contributed by atoms with Crippen molar-refractivity contribution in [3.63, 3.8) is 0 Å². The third kappa shape index (κ3) is 19.8. The molecule has 2 N–H and O–H groups in total. The quantitative estimate of drug-likeness (QED) is 0.618. The van der Waals surface area contributed by atoms with E-state index in [1.54, 1.807) is 0 Å². The molecule has 0 aliphatic carbocycles. The fraction of sp³-hybridized carbons (Fsp3) is 0.889. The van der Waals surface area contributed by atoms with Crippen molar-refractivity contribution < 1.29 is 17.4 Å². The minimum atomic E-state index is -4.10. The van der Waals surface area contributed by atoms with Crippen molar-refractivity contribution in [2.24, 2.45) is 5.14 Å². The van der Waals surface area contributed by atoms with Crippen LogP contribution in [0.2, 0.25) is 3.98 Å². The predicted molar refractivity (Wildman–Crippen MR) is 65.6 cm³/mol. The van der Waals surface area contributed by atoms with Gasteiger partial charge in [-0.25, -0.2) is 0 Å². The third-order valence-electron chi connectivity index (χ3n) is 1.50. The Kier molecular flexibility index (Phi) is 13.7. The van der Waals surface area contributed by atoms with E-state index >= 15 is 0 Å². The summed E-state index contributed by atoms with van der Waals surface area (Å²) in [6, 6.07) is 0. The number of carbonyl (C=O) groups excluding carboxylic acids is 1. The predicted octanol–water partition coefficient (Wildman–Crippen LogP) is 1.03. The first-order chi connectivity index (χ1) is 7.37. The molecule has 0 aliphatic heterocycles.